The molecule has 2 fully saturated rings. The highest BCUT2D eigenvalue weighted by Gasteiger charge is 2.32. The van der Waals surface area contributed by atoms with E-state index in [2.05, 4.69) is 51.3 Å². The molecule has 1 saturated heterocycles. The number of hydrogen-bond acceptors (Lipinski definition) is 2. The van der Waals surface area contributed by atoms with Crippen molar-refractivity contribution in [2.24, 2.45) is 23.7 Å². The summed E-state index contributed by atoms with van der Waals surface area (Å²) < 4.78 is 0. The Morgan fingerprint density at radius 1 is 0.818 bits per heavy atom. The van der Waals surface area contributed by atoms with Gasteiger partial charge in [0.2, 0.25) is 0 Å². The molecule has 130 valence electrons. The quantitative estimate of drug-likeness (QED) is 0.738. The molecule has 0 radical (unpaired) electrons. The van der Waals surface area contributed by atoms with Gasteiger partial charge < -0.3 is 0 Å². The molecule has 0 unspecified atom stereocenters. The molecule has 1 saturated carbocycles. The third-order valence-corrected chi connectivity index (χ3v) is 6.17. The van der Waals surface area contributed by atoms with Crippen LogP contribution in [0.4, 0.5) is 0 Å². The lowest BCUT2D eigenvalue weighted by atomic mass is 9.76. The summed E-state index contributed by atoms with van der Waals surface area (Å²) in [4.78, 5) is 5.50. The standard InChI is InChI=1S/C20H40N2/c1-15(2)11-21-12-18(6)22(13-17(21)5)14-19-7-9-20(10-8-19)16(3)4/h15-20H,7-14H2,1-6H3/t17-,18-,19?,20?/m0/s1. The van der Waals surface area contributed by atoms with Crippen molar-refractivity contribution in [1.29, 1.82) is 0 Å². The van der Waals surface area contributed by atoms with Gasteiger partial charge in [0.05, 0.1) is 0 Å². The summed E-state index contributed by atoms with van der Waals surface area (Å²) in [5, 5.41) is 0. The van der Waals surface area contributed by atoms with Crippen molar-refractivity contribution < 1.29 is 0 Å². The van der Waals surface area contributed by atoms with Crippen LogP contribution in [0.25, 0.3) is 0 Å². The fourth-order valence-electron chi connectivity index (χ4n) is 4.62. The average Bonchev–Trinajstić information content (AvgIpc) is 2.44. The third kappa shape index (κ3) is 4.96. The zero-order valence-corrected chi connectivity index (χ0v) is 16.0. The van der Waals surface area contributed by atoms with Gasteiger partial charge in [0.25, 0.3) is 0 Å². The predicted octanol–water partition coefficient (Wildman–Crippen LogP) is 4.50. The van der Waals surface area contributed by atoms with Crippen LogP contribution in [0.1, 0.15) is 67.2 Å². The van der Waals surface area contributed by atoms with Crippen molar-refractivity contribution in [3.8, 4) is 0 Å². The molecule has 2 atom stereocenters. The number of nitrogens with zero attached hydrogens (tertiary/aromatic N) is 2. The molecule has 0 amide bonds. The van der Waals surface area contributed by atoms with Gasteiger partial charge in [0, 0.05) is 38.3 Å². The van der Waals surface area contributed by atoms with E-state index in [1.807, 2.05) is 0 Å². The minimum absolute atomic E-state index is 0.727. The Balaban J connectivity index is 1.79. The lowest BCUT2D eigenvalue weighted by Crippen LogP contribution is -2.57. The first-order valence-electron chi connectivity index (χ1n) is 9.84. The van der Waals surface area contributed by atoms with Gasteiger partial charge in [-0.25, -0.2) is 0 Å². The van der Waals surface area contributed by atoms with E-state index in [4.69, 9.17) is 0 Å². The van der Waals surface area contributed by atoms with E-state index < -0.39 is 0 Å². The van der Waals surface area contributed by atoms with Crippen molar-refractivity contribution in [2.75, 3.05) is 26.2 Å². The lowest BCUT2D eigenvalue weighted by molar-refractivity contribution is 0.0206. The third-order valence-electron chi connectivity index (χ3n) is 6.17. The maximum Gasteiger partial charge on any atom is 0.0195 e. The summed E-state index contributed by atoms with van der Waals surface area (Å²) in [7, 11) is 0. The number of piperazine rings is 1. The van der Waals surface area contributed by atoms with E-state index in [9.17, 15) is 0 Å². The van der Waals surface area contributed by atoms with Crippen LogP contribution < -0.4 is 0 Å². The van der Waals surface area contributed by atoms with Crippen molar-refractivity contribution in [3.63, 3.8) is 0 Å². The summed E-state index contributed by atoms with van der Waals surface area (Å²) in [5.74, 6) is 3.63. The van der Waals surface area contributed by atoms with E-state index >= 15 is 0 Å². The van der Waals surface area contributed by atoms with Gasteiger partial charge >= 0.3 is 0 Å². The molecule has 22 heavy (non-hydrogen) atoms. The van der Waals surface area contributed by atoms with Gasteiger partial charge in [-0.2, -0.15) is 0 Å². The Morgan fingerprint density at radius 3 is 1.91 bits per heavy atom. The first kappa shape index (κ1) is 18.3. The second-order valence-electron chi connectivity index (χ2n) is 9.02. The van der Waals surface area contributed by atoms with Crippen LogP contribution >= 0.6 is 0 Å². The van der Waals surface area contributed by atoms with Crippen molar-refractivity contribution in [1.82, 2.24) is 9.80 Å². The lowest BCUT2D eigenvalue weighted by Gasteiger charge is -2.46. The predicted molar refractivity (Wildman–Crippen MR) is 97.2 cm³/mol. The normalized spacial score (nSPS) is 35.5. The monoisotopic (exact) mass is 308 g/mol. The van der Waals surface area contributed by atoms with Gasteiger partial charge in [-0.1, -0.05) is 27.7 Å². The summed E-state index contributed by atoms with van der Waals surface area (Å²) >= 11 is 0. The van der Waals surface area contributed by atoms with E-state index in [0.717, 1.165) is 35.8 Å². The minimum atomic E-state index is 0.727. The molecule has 0 spiro atoms. The van der Waals surface area contributed by atoms with Gasteiger partial charge in [0.1, 0.15) is 0 Å². The highest BCUT2D eigenvalue weighted by Crippen LogP contribution is 2.34. The number of rotatable bonds is 5. The average molecular weight is 309 g/mol. The highest BCUT2D eigenvalue weighted by molar-refractivity contribution is 4.87. The maximum absolute atomic E-state index is 2.79. The van der Waals surface area contributed by atoms with Crippen molar-refractivity contribution in [3.05, 3.63) is 0 Å². The molecular formula is C20H40N2. The smallest absolute Gasteiger partial charge is 0.0195 e. The van der Waals surface area contributed by atoms with Gasteiger partial charge in [0.15, 0.2) is 0 Å². The van der Waals surface area contributed by atoms with E-state index in [0.29, 0.717) is 0 Å². The summed E-state index contributed by atoms with van der Waals surface area (Å²) in [6.07, 6.45) is 5.88. The molecular weight excluding hydrogens is 268 g/mol. The number of hydrogen-bond donors (Lipinski definition) is 0. The van der Waals surface area contributed by atoms with Crippen LogP contribution in [-0.2, 0) is 0 Å². The fraction of sp³-hybridized carbons (Fsp3) is 1.00. The highest BCUT2D eigenvalue weighted by atomic mass is 15.3. The van der Waals surface area contributed by atoms with Crippen LogP contribution in [-0.4, -0.2) is 48.1 Å². The van der Waals surface area contributed by atoms with Crippen LogP contribution in [0.5, 0.6) is 0 Å². The molecule has 1 heterocycles. The van der Waals surface area contributed by atoms with Crippen molar-refractivity contribution >= 4 is 0 Å². The van der Waals surface area contributed by atoms with Gasteiger partial charge in [-0.05, 0) is 63.2 Å². The van der Waals surface area contributed by atoms with Crippen LogP contribution in [0, 0.1) is 23.7 Å². The Kier molecular flexibility index (Phi) is 6.76. The fourth-order valence-corrected chi connectivity index (χ4v) is 4.62. The van der Waals surface area contributed by atoms with Crippen LogP contribution in [0.15, 0.2) is 0 Å². The Labute approximate surface area is 139 Å². The van der Waals surface area contributed by atoms with E-state index in [-0.39, 0.29) is 0 Å². The second-order valence-corrected chi connectivity index (χ2v) is 9.02. The molecule has 0 bridgehead atoms. The molecule has 2 nitrogen and oxygen atoms in total. The first-order chi connectivity index (χ1) is 10.4. The van der Waals surface area contributed by atoms with Crippen molar-refractivity contribution in [2.45, 2.75) is 79.3 Å². The van der Waals surface area contributed by atoms with Crippen LogP contribution in [0.2, 0.25) is 0 Å². The molecule has 1 aliphatic heterocycles. The first-order valence-corrected chi connectivity index (χ1v) is 9.84. The summed E-state index contributed by atoms with van der Waals surface area (Å²) in [6.45, 7) is 19.5. The van der Waals surface area contributed by atoms with Crippen LogP contribution in [0.3, 0.4) is 0 Å². The molecule has 0 N–H and O–H groups in total. The Hall–Kier alpha value is -0.0800. The minimum Gasteiger partial charge on any atom is -0.298 e. The molecule has 1 aliphatic carbocycles. The Bertz CT molecular complexity index is 318. The SMILES string of the molecule is CC(C)CN1C[C@H](C)N(CC2CCC(C(C)C)CC2)C[C@@H]1C. The molecule has 0 aromatic rings. The molecule has 2 aliphatic rings. The Morgan fingerprint density at radius 2 is 1.36 bits per heavy atom. The van der Waals surface area contributed by atoms with E-state index in [1.54, 1.807) is 0 Å². The maximum atomic E-state index is 2.79. The van der Waals surface area contributed by atoms with Gasteiger partial charge in [-0.3, -0.25) is 9.80 Å². The molecule has 2 rings (SSSR count). The molecule has 0 aromatic carbocycles. The van der Waals surface area contributed by atoms with Gasteiger partial charge in [-0.15, -0.1) is 0 Å². The second kappa shape index (κ2) is 8.15. The summed E-state index contributed by atoms with van der Waals surface area (Å²) in [6, 6.07) is 1.46. The zero-order chi connectivity index (χ0) is 16.3. The van der Waals surface area contributed by atoms with E-state index in [1.165, 1.54) is 51.9 Å². The molecule has 2 heteroatoms. The topological polar surface area (TPSA) is 6.48 Å². The summed E-state index contributed by atoms with van der Waals surface area (Å²) in [5.41, 5.74) is 0. The molecule has 0 aromatic heterocycles. The zero-order valence-electron chi connectivity index (χ0n) is 16.0. The largest absolute Gasteiger partial charge is 0.298 e.